The van der Waals surface area contributed by atoms with E-state index in [9.17, 15) is 42.3 Å². The molecule has 11 nitrogen and oxygen atoms in total. The molecular weight excluding hydrogens is 597 g/mol. The number of halogens is 3. The zero-order valence-electron chi connectivity index (χ0n) is 23.8. The zero-order chi connectivity index (χ0) is 32.3. The fourth-order valence-electron chi connectivity index (χ4n) is 5.30. The lowest BCUT2D eigenvalue weighted by atomic mass is 10.1. The maximum atomic E-state index is 13.8. The third kappa shape index (κ3) is 7.40. The highest BCUT2D eigenvalue weighted by atomic mass is 19.4. The largest absolute Gasteiger partial charge is 0.434 e. The Morgan fingerprint density at radius 3 is 2.38 bits per heavy atom. The Morgan fingerprint density at radius 1 is 0.911 bits per heavy atom. The molecule has 0 radical (unpaired) electrons. The van der Waals surface area contributed by atoms with Crippen LogP contribution in [0.25, 0.3) is 10.8 Å². The van der Waals surface area contributed by atoms with Crippen molar-refractivity contribution in [3.8, 4) is 0 Å². The van der Waals surface area contributed by atoms with Gasteiger partial charge in [-0.25, -0.2) is 0 Å². The van der Waals surface area contributed by atoms with Gasteiger partial charge in [0.2, 0.25) is 18.1 Å². The second kappa shape index (κ2) is 12.9. The van der Waals surface area contributed by atoms with E-state index in [0.29, 0.717) is 0 Å². The predicted molar refractivity (Wildman–Crippen MR) is 152 cm³/mol. The minimum absolute atomic E-state index is 0.00645. The van der Waals surface area contributed by atoms with Crippen LogP contribution in [0.5, 0.6) is 0 Å². The highest BCUT2D eigenvalue weighted by Crippen LogP contribution is 2.30. The molecule has 2 fully saturated rings. The molecule has 14 heteroatoms. The molecule has 236 valence electrons. The van der Waals surface area contributed by atoms with Gasteiger partial charge in [-0.05, 0) is 47.5 Å². The number of benzene rings is 3. The number of fused-ring (bicyclic) bond motifs is 1. The van der Waals surface area contributed by atoms with Gasteiger partial charge in [0.15, 0.2) is 0 Å². The summed E-state index contributed by atoms with van der Waals surface area (Å²) in [5.74, 6) is -3.50. The molecule has 2 heterocycles. The lowest BCUT2D eigenvalue weighted by Gasteiger charge is -2.35. The Labute approximate surface area is 254 Å². The Morgan fingerprint density at radius 2 is 1.67 bits per heavy atom. The van der Waals surface area contributed by atoms with E-state index < -0.39 is 66.3 Å². The van der Waals surface area contributed by atoms with Crippen LogP contribution in [0, 0.1) is 0 Å². The van der Waals surface area contributed by atoms with Gasteiger partial charge in [-0.3, -0.25) is 24.0 Å². The summed E-state index contributed by atoms with van der Waals surface area (Å²) >= 11 is 0. The second-order valence-corrected chi connectivity index (χ2v) is 10.8. The number of aliphatic hydroxyl groups excluding tert-OH is 1. The van der Waals surface area contributed by atoms with Gasteiger partial charge in [0, 0.05) is 24.2 Å². The molecule has 3 aromatic rings. The Hall–Kier alpha value is -4.98. The number of nitrogens with zero attached hydrogens (tertiary/aromatic N) is 2. The van der Waals surface area contributed by atoms with Gasteiger partial charge in [-0.2, -0.15) is 13.2 Å². The van der Waals surface area contributed by atoms with E-state index in [1.165, 1.54) is 15.9 Å². The number of rotatable bonds is 6. The summed E-state index contributed by atoms with van der Waals surface area (Å²) in [4.78, 5) is 67.1. The molecule has 4 amide bonds. The first kappa shape index (κ1) is 31.4. The molecule has 5 rings (SSSR count). The molecule has 0 bridgehead atoms. The number of nitrogens with one attached hydrogen (secondary N) is 2. The van der Waals surface area contributed by atoms with E-state index in [0.717, 1.165) is 29.0 Å². The Bertz CT molecular complexity index is 1650. The number of cyclic esters (lactones) is 1. The fourth-order valence-corrected chi connectivity index (χ4v) is 5.30. The van der Waals surface area contributed by atoms with E-state index in [1.54, 1.807) is 24.3 Å². The van der Waals surface area contributed by atoms with Crippen molar-refractivity contribution < 1.29 is 47.0 Å². The van der Waals surface area contributed by atoms with Crippen molar-refractivity contribution in [2.75, 3.05) is 26.2 Å². The molecule has 2 aliphatic heterocycles. The minimum atomic E-state index is -4.67. The number of ether oxygens (including phenoxy) is 1. The maximum absolute atomic E-state index is 13.8. The number of amides is 4. The van der Waals surface area contributed by atoms with Crippen molar-refractivity contribution >= 4 is 40.4 Å². The first-order valence-electron chi connectivity index (χ1n) is 14.1. The van der Waals surface area contributed by atoms with E-state index in [1.807, 2.05) is 18.2 Å². The smallest absolute Gasteiger partial charge is 0.416 e. The summed E-state index contributed by atoms with van der Waals surface area (Å²) in [6.07, 6.45) is -6.29. The van der Waals surface area contributed by atoms with Crippen LogP contribution < -0.4 is 10.6 Å². The van der Waals surface area contributed by atoms with Gasteiger partial charge in [0.05, 0.1) is 25.1 Å². The lowest BCUT2D eigenvalue weighted by molar-refractivity contribution is -0.155. The highest BCUT2D eigenvalue weighted by Gasteiger charge is 2.37. The van der Waals surface area contributed by atoms with Crippen molar-refractivity contribution in [3.63, 3.8) is 0 Å². The van der Waals surface area contributed by atoms with Gasteiger partial charge >= 0.3 is 12.1 Å². The number of carbonyl (C=O) groups excluding carboxylic acids is 5. The van der Waals surface area contributed by atoms with Gasteiger partial charge in [0.1, 0.15) is 12.1 Å². The van der Waals surface area contributed by atoms with Crippen molar-refractivity contribution in [1.82, 2.24) is 20.4 Å². The third-order valence-corrected chi connectivity index (χ3v) is 7.57. The normalized spacial score (nSPS) is 20.8. The summed E-state index contributed by atoms with van der Waals surface area (Å²) in [7, 11) is 0. The van der Waals surface area contributed by atoms with Gasteiger partial charge in [0.25, 0.3) is 11.8 Å². The third-order valence-electron chi connectivity index (χ3n) is 7.57. The van der Waals surface area contributed by atoms with E-state index in [4.69, 9.17) is 0 Å². The monoisotopic (exact) mass is 626 g/mol. The first-order chi connectivity index (χ1) is 21.4. The molecule has 2 saturated heterocycles. The predicted octanol–water partition coefficient (Wildman–Crippen LogP) is 2.08. The highest BCUT2D eigenvalue weighted by molar-refractivity contribution is 6.01. The van der Waals surface area contributed by atoms with E-state index in [-0.39, 0.29) is 43.6 Å². The van der Waals surface area contributed by atoms with Crippen LogP contribution in [0.4, 0.5) is 13.2 Å². The summed E-state index contributed by atoms with van der Waals surface area (Å²) in [5.41, 5.74) is -1.02. The number of aliphatic hydroxyl groups is 1. The molecule has 0 spiro atoms. The van der Waals surface area contributed by atoms with Crippen LogP contribution in [0.15, 0.2) is 66.7 Å². The SMILES string of the molecule is O=C(CN1CCCN(C(=O)c2cccc(C(F)(F)F)c2)C[C@H](NC(=O)c2ccc3ccccc3c2)C1=O)N[C@H]1CC(=O)OC1O. The Balaban J connectivity index is 1.38. The van der Waals surface area contributed by atoms with Crippen LogP contribution in [0.3, 0.4) is 0 Å². The van der Waals surface area contributed by atoms with Crippen molar-refractivity contribution in [2.45, 2.75) is 37.4 Å². The minimum Gasteiger partial charge on any atom is -0.434 e. The number of esters is 1. The molecule has 3 aromatic carbocycles. The summed E-state index contributed by atoms with van der Waals surface area (Å²) in [5, 5.41) is 16.6. The van der Waals surface area contributed by atoms with Crippen molar-refractivity contribution in [1.29, 1.82) is 0 Å². The molecule has 0 aliphatic carbocycles. The standard InChI is InChI=1S/C31H29F3N4O7/c32-31(33,34)22-8-3-7-21(14-22)28(42)37-11-4-12-38(17-25(39)35-23-15-26(40)45-30(23)44)29(43)24(16-37)36-27(41)20-10-9-18-5-1-2-6-19(18)13-20/h1-3,5-10,13-14,23-24,30,44H,4,11-12,15-17H2,(H,35,39)(H,36,41)/t23-,24-,30?/m0/s1. The number of carbonyl (C=O) groups is 5. The number of alkyl halides is 3. The topological polar surface area (TPSA) is 145 Å². The molecular formula is C31H29F3N4O7. The number of hydrogen-bond acceptors (Lipinski definition) is 7. The van der Waals surface area contributed by atoms with Crippen molar-refractivity contribution in [2.24, 2.45) is 0 Å². The number of hydrogen-bond donors (Lipinski definition) is 3. The molecule has 2 aliphatic rings. The van der Waals surface area contributed by atoms with E-state index in [2.05, 4.69) is 15.4 Å². The summed E-state index contributed by atoms with van der Waals surface area (Å²) < 4.78 is 44.6. The molecule has 0 saturated carbocycles. The zero-order valence-corrected chi connectivity index (χ0v) is 23.8. The summed E-state index contributed by atoms with van der Waals surface area (Å²) in [6.45, 7) is -0.897. The first-order valence-corrected chi connectivity index (χ1v) is 14.1. The van der Waals surface area contributed by atoms with E-state index >= 15 is 0 Å². The molecule has 45 heavy (non-hydrogen) atoms. The lowest BCUT2D eigenvalue weighted by Crippen LogP contribution is -2.58. The van der Waals surface area contributed by atoms with Crippen LogP contribution >= 0.6 is 0 Å². The molecule has 1 unspecified atom stereocenters. The average molecular weight is 627 g/mol. The average Bonchev–Trinajstić information content (AvgIpc) is 3.32. The fraction of sp³-hybridized carbons (Fsp3) is 0.323. The second-order valence-electron chi connectivity index (χ2n) is 10.8. The van der Waals surface area contributed by atoms with Crippen LogP contribution in [0.1, 0.15) is 39.1 Å². The van der Waals surface area contributed by atoms with Gasteiger partial charge < -0.3 is 30.3 Å². The van der Waals surface area contributed by atoms with Crippen LogP contribution in [-0.2, 0) is 25.3 Å². The van der Waals surface area contributed by atoms with Crippen LogP contribution in [0.2, 0.25) is 0 Å². The quantitative estimate of drug-likeness (QED) is 0.356. The van der Waals surface area contributed by atoms with Gasteiger partial charge in [-0.1, -0.05) is 36.4 Å². The van der Waals surface area contributed by atoms with Crippen LogP contribution in [-0.4, -0.2) is 89.1 Å². The summed E-state index contributed by atoms with van der Waals surface area (Å²) in [6, 6.07) is 13.8. The van der Waals surface area contributed by atoms with Crippen molar-refractivity contribution in [3.05, 3.63) is 83.4 Å². The van der Waals surface area contributed by atoms with Gasteiger partial charge in [-0.15, -0.1) is 0 Å². The molecule has 3 N–H and O–H groups in total. The Kier molecular flexibility index (Phi) is 9.04. The maximum Gasteiger partial charge on any atom is 0.416 e. The molecule has 0 aromatic heterocycles. The molecule has 3 atom stereocenters.